The van der Waals surface area contributed by atoms with Gasteiger partial charge in [-0.15, -0.1) is 0 Å². The van der Waals surface area contributed by atoms with Crippen molar-refractivity contribution in [1.29, 1.82) is 5.26 Å². The second kappa shape index (κ2) is 9.56. The van der Waals surface area contributed by atoms with Gasteiger partial charge in [-0.25, -0.2) is 8.42 Å². The lowest BCUT2D eigenvalue weighted by atomic mass is 10.2. The van der Waals surface area contributed by atoms with Crippen LogP contribution in [0.25, 0.3) is 0 Å². The van der Waals surface area contributed by atoms with E-state index in [1.807, 2.05) is 6.07 Å². The van der Waals surface area contributed by atoms with Crippen LogP contribution in [0.1, 0.15) is 31.2 Å². The van der Waals surface area contributed by atoms with Crippen molar-refractivity contribution in [2.75, 3.05) is 19.7 Å². The maximum atomic E-state index is 13.8. The number of likely N-dealkylation sites (tertiary alicyclic amines) is 1. The molecule has 2 fully saturated rings. The zero-order chi connectivity index (χ0) is 22.9. The fourth-order valence-corrected chi connectivity index (χ4v) is 6.80. The van der Waals surface area contributed by atoms with Crippen LogP contribution < -0.4 is 4.74 Å². The first-order chi connectivity index (χ1) is 15.3. The number of benzene rings is 2. The van der Waals surface area contributed by atoms with Gasteiger partial charge >= 0.3 is 0 Å². The molecule has 0 spiro atoms. The van der Waals surface area contributed by atoms with Crippen LogP contribution in [0.15, 0.2) is 41.3 Å². The highest BCUT2D eigenvalue weighted by Crippen LogP contribution is 2.38. The van der Waals surface area contributed by atoms with Gasteiger partial charge < -0.3 is 9.84 Å². The molecule has 10 heteroatoms. The molecule has 2 aliphatic heterocycles. The minimum atomic E-state index is -3.99. The minimum Gasteiger partial charge on any atom is -0.456 e. The van der Waals surface area contributed by atoms with E-state index in [2.05, 4.69) is 4.90 Å². The first kappa shape index (κ1) is 23.3. The van der Waals surface area contributed by atoms with Gasteiger partial charge in [-0.1, -0.05) is 23.2 Å². The van der Waals surface area contributed by atoms with Gasteiger partial charge in [0.2, 0.25) is 10.0 Å². The van der Waals surface area contributed by atoms with Crippen molar-refractivity contribution in [1.82, 2.24) is 9.21 Å². The Morgan fingerprint density at radius 2 is 1.81 bits per heavy atom. The highest BCUT2D eigenvalue weighted by molar-refractivity contribution is 7.89. The van der Waals surface area contributed by atoms with Crippen molar-refractivity contribution >= 4 is 33.2 Å². The van der Waals surface area contributed by atoms with E-state index in [0.717, 1.165) is 25.8 Å². The Kier molecular flexibility index (Phi) is 6.96. The van der Waals surface area contributed by atoms with Gasteiger partial charge in [-0.3, -0.25) is 4.90 Å². The molecule has 1 N–H and O–H groups in total. The smallest absolute Gasteiger partial charge is 0.248 e. The van der Waals surface area contributed by atoms with Crippen molar-refractivity contribution in [2.45, 2.75) is 42.8 Å². The van der Waals surface area contributed by atoms with Crippen LogP contribution in [0, 0.1) is 11.3 Å². The number of nitriles is 1. The highest BCUT2D eigenvalue weighted by atomic mass is 35.5. The molecule has 4 rings (SSSR count). The van der Waals surface area contributed by atoms with Crippen molar-refractivity contribution in [2.24, 2.45) is 0 Å². The van der Waals surface area contributed by atoms with Crippen LogP contribution in [-0.2, 0) is 10.0 Å². The van der Waals surface area contributed by atoms with E-state index in [1.165, 1.54) is 34.6 Å². The zero-order valence-corrected chi connectivity index (χ0v) is 19.6. The molecule has 2 saturated heterocycles. The third-order valence-corrected chi connectivity index (χ3v) is 8.27. The second-order valence-electron chi connectivity index (χ2n) is 7.94. The predicted octanol–water partition coefficient (Wildman–Crippen LogP) is 4.22. The summed E-state index contributed by atoms with van der Waals surface area (Å²) < 4.78 is 35.0. The Labute approximate surface area is 197 Å². The van der Waals surface area contributed by atoms with E-state index in [1.54, 1.807) is 6.07 Å². The summed E-state index contributed by atoms with van der Waals surface area (Å²) in [6.45, 7) is 1.10. The largest absolute Gasteiger partial charge is 0.456 e. The Hall–Kier alpha value is -1.86. The molecular weight excluding hydrogens is 473 g/mol. The zero-order valence-electron chi connectivity index (χ0n) is 17.2. The highest BCUT2D eigenvalue weighted by Gasteiger charge is 2.43. The Balaban J connectivity index is 1.73. The summed E-state index contributed by atoms with van der Waals surface area (Å²) >= 11 is 12.1. The van der Waals surface area contributed by atoms with Gasteiger partial charge in [-0.05, 0) is 62.1 Å². The first-order valence-electron chi connectivity index (χ1n) is 10.4. The molecule has 32 heavy (non-hydrogen) atoms. The van der Waals surface area contributed by atoms with E-state index in [4.69, 9.17) is 27.9 Å². The molecule has 7 nitrogen and oxygen atoms in total. The molecule has 0 bridgehead atoms. The van der Waals surface area contributed by atoms with Gasteiger partial charge in [0.15, 0.2) is 0 Å². The number of aliphatic hydroxyl groups is 1. The molecule has 2 aromatic carbocycles. The summed E-state index contributed by atoms with van der Waals surface area (Å²) in [6.07, 6.45) is 2.83. The van der Waals surface area contributed by atoms with E-state index in [0.29, 0.717) is 28.8 Å². The molecule has 0 radical (unpaired) electrons. The van der Waals surface area contributed by atoms with E-state index >= 15 is 0 Å². The van der Waals surface area contributed by atoms with E-state index in [-0.39, 0.29) is 35.0 Å². The molecule has 2 atom stereocenters. The van der Waals surface area contributed by atoms with Gasteiger partial charge in [0.25, 0.3) is 0 Å². The van der Waals surface area contributed by atoms with Gasteiger partial charge in [0.1, 0.15) is 16.4 Å². The summed E-state index contributed by atoms with van der Waals surface area (Å²) in [4.78, 5) is 2.00. The molecular formula is C22H23Cl2N3O4S. The molecule has 2 aromatic rings. The molecule has 2 heterocycles. The average Bonchev–Trinajstić information content (AvgIpc) is 3.42. The third-order valence-electron chi connectivity index (χ3n) is 5.91. The molecule has 0 amide bonds. The fraction of sp³-hybridized carbons (Fsp3) is 0.409. The van der Waals surface area contributed by atoms with Gasteiger partial charge in [-0.2, -0.15) is 9.57 Å². The number of hydrogen-bond donors (Lipinski definition) is 1. The molecule has 0 aromatic heterocycles. The number of aliphatic hydroxyl groups excluding tert-OH is 1. The summed E-state index contributed by atoms with van der Waals surface area (Å²) in [5.41, 5.74) is 0.213. The number of rotatable bonds is 6. The summed E-state index contributed by atoms with van der Waals surface area (Å²) in [7, 11) is -3.99. The molecule has 2 aliphatic rings. The van der Waals surface area contributed by atoms with Crippen LogP contribution >= 0.6 is 23.2 Å². The minimum absolute atomic E-state index is 0.00179. The number of nitrogens with zero attached hydrogens (tertiary/aromatic N) is 3. The summed E-state index contributed by atoms with van der Waals surface area (Å²) in [5, 5.41) is 19.8. The number of sulfonamides is 1. The van der Waals surface area contributed by atoms with Crippen molar-refractivity contribution in [3.63, 3.8) is 0 Å². The summed E-state index contributed by atoms with van der Waals surface area (Å²) in [6, 6.07) is 10.9. The lowest BCUT2D eigenvalue weighted by Crippen LogP contribution is -2.50. The number of ether oxygens (including phenoxy) is 1. The van der Waals surface area contributed by atoms with Crippen molar-refractivity contribution < 1.29 is 18.3 Å². The van der Waals surface area contributed by atoms with Crippen LogP contribution in [0.5, 0.6) is 11.5 Å². The van der Waals surface area contributed by atoms with Crippen LogP contribution in [0.2, 0.25) is 10.0 Å². The maximum Gasteiger partial charge on any atom is 0.248 e. The van der Waals surface area contributed by atoms with Crippen LogP contribution in [0.3, 0.4) is 0 Å². The normalized spacial score (nSPS) is 22.2. The van der Waals surface area contributed by atoms with Crippen LogP contribution in [0.4, 0.5) is 0 Å². The van der Waals surface area contributed by atoms with Gasteiger partial charge in [0, 0.05) is 29.2 Å². The average molecular weight is 496 g/mol. The number of halogens is 2. The van der Waals surface area contributed by atoms with Crippen LogP contribution in [-0.4, -0.2) is 54.6 Å². The Morgan fingerprint density at radius 3 is 2.50 bits per heavy atom. The van der Waals surface area contributed by atoms with Gasteiger partial charge in [0.05, 0.1) is 24.4 Å². The molecule has 170 valence electrons. The first-order valence-corrected chi connectivity index (χ1v) is 12.6. The second-order valence-corrected chi connectivity index (χ2v) is 10.7. The third kappa shape index (κ3) is 4.60. The van der Waals surface area contributed by atoms with E-state index < -0.39 is 10.0 Å². The standard InChI is InChI=1S/C22H23Cl2N3O4S/c23-16-10-17(24)12-19(11-16)31-20-6-5-15(13-25)9-21(20)32(29,30)27-8-2-4-22(27)26-7-1-3-18(26)14-28/h5-6,9-12,18,22,28H,1-4,7-8,14H2/t18-,22?/m0/s1. The lowest BCUT2D eigenvalue weighted by molar-refractivity contribution is 0.0781. The molecule has 0 aliphatic carbocycles. The predicted molar refractivity (Wildman–Crippen MR) is 121 cm³/mol. The Morgan fingerprint density at radius 1 is 1.09 bits per heavy atom. The lowest BCUT2D eigenvalue weighted by Gasteiger charge is -2.35. The summed E-state index contributed by atoms with van der Waals surface area (Å²) in [5.74, 6) is 0.384. The molecule has 1 unspecified atom stereocenters. The fourth-order valence-electron chi connectivity index (χ4n) is 4.49. The van der Waals surface area contributed by atoms with Crippen molar-refractivity contribution in [3.05, 3.63) is 52.0 Å². The molecule has 0 saturated carbocycles. The SMILES string of the molecule is N#Cc1ccc(Oc2cc(Cl)cc(Cl)c2)c(S(=O)(=O)N2CCCC2N2CCC[C@H]2CO)c1. The quantitative estimate of drug-likeness (QED) is 0.644. The maximum absolute atomic E-state index is 13.8. The van der Waals surface area contributed by atoms with E-state index in [9.17, 15) is 18.8 Å². The number of hydrogen-bond acceptors (Lipinski definition) is 6. The monoisotopic (exact) mass is 495 g/mol. The van der Waals surface area contributed by atoms with Crippen molar-refractivity contribution in [3.8, 4) is 17.6 Å². The Bertz CT molecular complexity index is 1130. The topological polar surface area (TPSA) is 93.9 Å².